The van der Waals surface area contributed by atoms with Crippen LogP contribution in [0.5, 0.6) is 0 Å². The highest BCUT2D eigenvalue weighted by Crippen LogP contribution is 2.27. The summed E-state index contributed by atoms with van der Waals surface area (Å²) in [6, 6.07) is 0. The minimum absolute atomic E-state index is 0.731. The van der Waals surface area contributed by atoms with Crippen molar-refractivity contribution in [3.8, 4) is 0 Å². The molecule has 0 saturated heterocycles. The van der Waals surface area contributed by atoms with Gasteiger partial charge in [-0.25, -0.2) is 0 Å². The second-order valence-electron chi connectivity index (χ2n) is 2.66. The van der Waals surface area contributed by atoms with Crippen LogP contribution in [0.1, 0.15) is 0 Å². The lowest BCUT2D eigenvalue weighted by Crippen LogP contribution is -2.29. The van der Waals surface area contributed by atoms with Crippen LogP contribution in [0.25, 0.3) is 0 Å². The molecular formula is C8H7BrO4. The Hall–Kier alpha value is -1.10. The van der Waals surface area contributed by atoms with Crippen LogP contribution in [0.3, 0.4) is 0 Å². The van der Waals surface area contributed by atoms with Crippen LogP contribution in [0.2, 0.25) is 0 Å². The minimum Gasteiger partial charge on any atom is -0.481 e. The fourth-order valence-corrected chi connectivity index (χ4v) is 1.22. The Bertz CT molecular complexity index is 291. The Kier molecular flexibility index (Phi) is 2.56. The summed E-state index contributed by atoms with van der Waals surface area (Å²) < 4.78 is -1.25. The second-order valence-corrected chi connectivity index (χ2v) is 3.97. The van der Waals surface area contributed by atoms with Crippen LogP contribution in [0.15, 0.2) is 24.3 Å². The highest BCUT2D eigenvalue weighted by atomic mass is 79.9. The summed E-state index contributed by atoms with van der Waals surface area (Å²) in [5.41, 5.74) is 0. The number of aliphatic carboxylic acids is 2. The van der Waals surface area contributed by atoms with E-state index < -0.39 is 22.2 Å². The Labute approximate surface area is 82.7 Å². The van der Waals surface area contributed by atoms with E-state index in [2.05, 4.69) is 15.9 Å². The summed E-state index contributed by atoms with van der Waals surface area (Å²) in [7, 11) is 0. The predicted molar refractivity (Wildman–Crippen MR) is 48.7 cm³/mol. The lowest BCUT2D eigenvalue weighted by Gasteiger charge is -2.18. The van der Waals surface area contributed by atoms with Gasteiger partial charge in [-0.2, -0.15) is 0 Å². The molecule has 0 aliphatic heterocycles. The molecule has 2 N–H and O–H groups in total. The average molecular weight is 247 g/mol. The van der Waals surface area contributed by atoms with Gasteiger partial charge in [0.25, 0.3) is 0 Å². The van der Waals surface area contributed by atoms with Crippen molar-refractivity contribution >= 4 is 27.9 Å². The van der Waals surface area contributed by atoms with Crippen molar-refractivity contribution in [2.75, 3.05) is 0 Å². The fraction of sp³-hybridized carbons (Fsp3) is 0.250. The molecule has 4 nitrogen and oxygen atoms in total. The van der Waals surface area contributed by atoms with E-state index in [0.29, 0.717) is 0 Å². The first-order valence-corrected chi connectivity index (χ1v) is 4.29. The highest BCUT2D eigenvalue weighted by Gasteiger charge is 2.32. The fourth-order valence-electron chi connectivity index (χ4n) is 0.914. The molecule has 0 unspecified atom stereocenters. The number of carboxylic acid groups (broad SMARTS) is 2. The summed E-state index contributed by atoms with van der Waals surface area (Å²) in [5, 5.41) is 17.3. The summed E-state index contributed by atoms with van der Waals surface area (Å²) in [6.45, 7) is 0. The number of alkyl halides is 1. The van der Waals surface area contributed by atoms with Crippen LogP contribution >= 0.6 is 15.9 Å². The van der Waals surface area contributed by atoms with Crippen molar-refractivity contribution in [3.05, 3.63) is 24.3 Å². The molecule has 0 aromatic rings. The van der Waals surface area contributed by atoms with Gasteiger partial charge < -0.3 is 10.2 Å². The molecule has 0 radical (unpaired) electrons. The third-order valence-corrected chi connectivity index (χ3v) is 2.57. The van der Waals surface area contributed by atoms with E-state index in [1.165, 1.54) is 24.3 Å². The summed E-state index contributed by atoms with van der Waals surface area (Å²) in [4.78, 5) is 21.1. The molecule has 13 heavy (non-hydrogen) atoms. The number of carboxylic acids is 2. The smallest absolute Gasteiger partial charge is 0.328 e. The first kappa shape index (κ1) is 9.98. The van der Waals surface area contributed by atoms with E-state index in [1.54, 1.807) is 0 Å². The van der Waals surface area contributed by atoms with Crippen LogP contribution in [-0.2, 0) is 9.59 Å². The number of halogens is 1. The molecule has 0 bridgehead atoms. The van der Waals surface area contributed by atoms with Crippen molar-refractivity contribution in [3.63, 3.8) is 0 Å². The van der Waals surface area contributed by atoms with Crippen molar-refractivity contribution in [2.24, 2.45) is 5.92 Å². The second kappa shape index (κ2) is 3.33. The Morgan fingerprint density at radius 1 is 1.23 bits per heavy atom. The minimum atomic E-state index is -1.25. The molecular weight excluding hydrogens is 240 g/mol. The van der Waals surface area contributed by atoms with Crippen molar-refractivity contribution < 1.29 is 19.8 Å². The monoisotopic (exact) mass is 246 g/mol. The molecule has 0 saturated carbocycles. The SMILES string of the molecule is O=C(O)C1C=CC(Br)(C(=O)O)C=C1. The average Bonchev–Trinajstić information content (AvgIpc) is 2.04. The van der Waals surface area contributed by atoms with Gasteiger partial charge in [0.05, 0.1) is 5.92 Å². The Balaban J connectivity index is 2.85. The quantitative estimate of drug-likeness (QED) is 0.564. The Morgan fingerprint density at radius 3 is 2.00 bits per heavy atom. The standard InChI is InChI=1S/C8H7BrO4/c9-8(7(12)13)3-1-5(2-4-8)6(10)11/h1-5H,(H,10,11)(H,12,13). The van der Waals surface area contributed by atoms with E-state index in [0.717, 1.165) is 0 Å². The number of hydrogen-bond acceptors (Lipinski definition) is 2. The number of carbonyl (C=O) groups is 2. The van der Waals surface area contributed by atoms with Gasteiger partial charge in [-0.1, -0.05) is 40.2 Å². The molecule has 0 fully saturated rings. The molecule has 70 valence electrons. The molecule has 0 spiro atoms. The topological polar surface area (TPSA) is 74.6 Å². The molecule has 1 rings (SSSR count). The zero-order valence-corrected chi connectivity index (χ0v) is 8.06. The van der Waals surface area contributed by atoms with Crippen LogP contribution in [0, 0.1) is 5.92 Å². The normalized spacial score (nSPS) is 31.6. The van der Waals surface area contributed by atoms with Crippen molar-refractivity contribution in [1.82, 2.24) is 0 Å². The van der Waals surface area contributed by atoms with E-state index in [-0.39, 0.29) is 0 Å². The molecule has 0 heterocycles. The van der Waals surface area contributed by atoms with Gasteiger partial charge in [-0.05, 0) is 0 Å². The first-order valence-electron chi connectivity index (χ1n) is 3.49. The van der Waals surface area contributed by atoms with E-state index >= 15 is 0 Å². The van der Waals surface area contributed by atoms with Gasteiger partial charge in [0.1, 0.15) is 0 Å². The highest BCUT2D eigenvalue weighted by molar-refractivity contribution is 9.10. The molecule has 0 amide bonds. The maximum atomic E-state index is 10.7. The van der Waals surface area contributed by atoms with Crippen LogP contribution in [-0.4, -0.2) is 26.5 Å². The van der Waals surface area contributed by atoms with E-state index in [4.69, 9.17) is 10.2 Å². The maximum absolute atomic E-state index is 10.7. The Morgan fingerprint density at radius 2 is 1.69 bits per heavy atom. The van der Waals surface area contributed by atoms with E-state index in [1.807, 2.05) is 0 Å². The van der Waals surface area contributed by atoms with Crippen LogP contribution < -0.4 is 0 Å². The predicted octanol–water partition coefficient (Wildman–Crippen LogP) is 1.03. The molecule has 0 aromatic heterocycles. The van der Waals surface area contributed by atoms with Gasteiger partial charge in [-0.15, -0.1) is 0 Å². The van der Waals surface area contributed by atoms with Gasteiger partial charge in [0, 0.05) is 0 Å². The zero-order valence-electron chi connectivity index (χ0n) is 6.48. The summed E-state index contributed by atoms with van der Waals surface area (Å²) >= 11 is 2.97. The summed E-state index contributed by atoms with van der Waals surface area (Å²) in [5.74, 6) is -2.79. The van der Waals surface area contributed by atoms with E-state index in [9.17, 15) is 9.59 Å². The molecule has 1 aliphatic rings. The maximum Gasteiger partial charge on any atom is 0.328 e. The third kappa shape index (κ3) is 1.98. The van der Waals surface area contributed by atoms with Gasteiger partial charge >= 0.3 is 11.9 Å². The van der Waals surface area contributed by atoms with Gasteiger partial charge in [-0.3, -0.25) is 9.59 Å². The van der Waals surface area contributed by atoms with Gasteiger partial charge in [0.15, 0.2) is 4.32 Å². The lowest BCUT2D eigenvalue weighted by molar-refractivity contribution is -0.139. The number of rotatable bonds is 2. The number of hydrogen-bond donors (Lipinski definition) is 2. The molecule has 5 heteroatoms. The summed E-state index contributed by atoms with van der Waals surface area (Å²) in [6.07, 6.45) is 5.30. The largest absolute Gasteiger partial charge is 0.481 e. The third-order valence-electron chi connectivity index (χ3n) is 1.71. The van der Waals surface area contributed by atoms with Crippen molar-refractivity contribution in [1.29, 1.82) is 0 Å². The first-order chi connectivity index (χ1) is 5.96. The molecule has 0 aromatic carbocycles. The lowest BCUT2D eigenvalue weighted by atomic mass is 9.96. The van der Waals surface area contributed by atoms with Gasteiger partial charge in [0.2, 0.25) is 0 Å². The molecule has 0 atom stereocenters. The zero-order chi connectivity index (χ0) is 10.1. The molecule has 1 aliphatic carbocycles. The van der Waals surface area contributed by atoms with Crippen LogP contribution in [0.4, 0.5) is 0 Å². The van der Waals surface area contributed by atoms with Crippen molar-refractivity contribution in [2.45, 2.75) is 4.32 Å².